The smallest absolute Gasteiger partial charge is 0.312 e. The number of cyclic esters (lactones) is 1. The van der Waals surface area contributed by atoms with Crippen molar-refractivity contribution >= 4 is 11.9 Å². The Morgan fingerprint density at radius 2 is 2.19 bits per heavy atom. The molecule has 1 heterocycles. The van der Waals surface area contributed by atoms with Crippen molar-refractivity contribution in [1.29, 1.82) is 0 Å². The minimum atomic E-state index is -0.819. The third kappa shape index (κ3) is 2.36. The van der Waals surface area contributed by atoms with Crippen LogP contribution in [-0.2, 0) is 19.1 Å². The highest BCUT2D eigenvalue weighted by Crippen LogP contribution is 2.33. The summed E-state index contributed by atoms with van der Waals surface area (Å²) in [6.45, 7) is 9.09. The van der Waals surface area contributed by atoms with Gasteiger partial charge in [0.05, 0.1) is 11.8 Å². The number of carbonyl (C=O) groups is 2. The van der Waals surface area contributed by atoms with E-state index in [2.05, 4.69) is 0 Å². The molecule has 0 N–H and O–H groups in total. The maximum atomic E-state index is 11.9. The molecule has 0 saturated carbocycles. The topological polar surface area (TPSA) is 52.6 Å². The number of rotatable bonds is 3. The van der Waals surface area contributed by atoms with Crippen LogP contribution in [0, 0.1) is 5.41 Å². The van der Waals surface area contributed by atoms with Crippen molar-refractivity contribution in [2.24, 2.45) is 5.41 Å². The lowest BCUT2D eigenvalue weighted by Crippen LogP contribution is -2.42. The maximum Gasteiger partial charge on any atom is 0.312 e. The Morgan fingerprint density at radius 3 is 2.56 bits per heavy atom. The van der Waals surface area contributed by atoms with Gasteiger partial charge in [0.15, 0.2) is 5.60 Å². The van der Waals surface area contributed by atoms with Crippen molar-refractivity contribution < 1.29 is 19.1 Å². The van der Waals surface area contributed by atoms with E-state index in [4.69, 9.17) is 9.47 Å². The zero-order valence-corrected chi connectivity index (χ0v) is 10.6. The normalized spacial score (nSPS) is 30.1. The van der Waals surface area contributed by atoms with Gasteiger partial charge in [-0.3, -0.25) is 9.59 Å². The highest BCUT2D eigenvalue weighted by molar-refractivity contribution is 5.78. The van der Waals surface area contributed by atoms with Crippen LogP contribution in [0.3, 0.4) is 0 Å². The number of carbonyl (C=O) groups excluding carboxylic acids is 2. The molecule has 4 heteroatoms. The first-order valence-electron chi connectivity index (χ1n) is 5.64. The van der Waals surface area contributed by atoms with E-state index >= 15 is 0 Å². The van der Waals surface area contributed by atoms with E-state index in [1.807, 2.05) is 20.8 Å². The van der Waals surface area contributed by atoms with Gasteiger partial charge in [0.25, 0.3) is 0 Å². The zero-order valence-electron chi connectivity index (χ0n) is 10.6. The van der Waals surface area contributed by atoms with E-state index in [0.29, 0.717) is 6.42 Å². The van der Waals surface area contributed by atoms with Gasteiger partial charge in [-0.15, -0.1) is 0 Å². The fraction of sp³-hybridized carbons (Fsp3) is 0.833. The van der Waals surface area contributed by atoms with Crippen molar-refractivity contribution in [3.8, 4) is 0 Å². The Bertz CT molecular complexity index is 308. The lowest BCUT2D eigenvalue weighted by molar-refractivity contribution is -0.173. The van der Waals surface area contributed by atoms with Gasteiger partial charge >= 0.3 is 11.9 Å². The monoisotopic (exact) mass is 228 g/mol. The summed E-state index contributed by atoms with van der Waals surface area (Å²) in [7, 11) is 0. The van der Waals surface area contributed by atoms with Crippen molar-refractivity contribution in [3.05, 3.63) is 0 Å². The summed E-state index contributed by atoms with van der Waals surface area (Å²) >= 11 is 0. The van der Waals surface area contributed by atoms with Gasteiger partial charge in [0, 0.05) is 0 Å². The van der Waals surface area contributed by atoms with E-state index in [9.17, 15) is 9.59 Å². The second kappa shape index (κ2) is 4.07. The fourth-order valence-corrected chi connectivity index (χ4v) is 1.41. The van der Waals surface area contributed by atoms with Crippen molar-refractivity contribution in [3.63, 3.8) is 0 Å². The average molecular weight is 228 g/mol. The van der Waals surface area contributed by atoms with Crippen molar-refractivity contribution in [1.82, 2.24) is 0 Å². The third-order valence-corrected chi connectivity index (χ3v) is 3.43. The molecule has 1 rings (SSSR count). The maximum absolute atomic E-state index is 11.9. The molecule has 0 aromatic rings. The molecule has 0 radical (unpaired) electrons. The molecule has 0 amide bonds. The van der Waals surface area contributed by atoms with Crippen molar-refractivity contribution in [2.45, 2.75) is 59.2 Å². The zero-order chi connectivity index (χ0) is 12.6. The van der Waals surface area contributed by atoms with Gasteiger partial charge < -0.3 is 9.47 Å². The molecule has 16 heavy (non-hydrogen) atoms. The first-order valence-corrected chi connectivity index (χ1v) is 5.64. The lowest BCUT2D eigenvalue weighted by atomic mass is 9.89. The molecule has 4 nitrogen and oxygen atoms in total. The SMILES string of the molecule is CCC(C)(C)C(=O)OC1(C)CC(=O)OC1C. The third-order valence-electron chi connectivity index (χ3n) is 3.43. The summed E-state index contributed by atoms with van der Waals surface area (Å²) in [6.07, 6.45) is 0.460. The largest absolute Gasteiger partial charge is 0.458 e. The standard InChI is InChI=1S/C12H20O4/c1-6-11(3,4)10(14)16-12(5)7-9(13)15-8(12)2/h8H,6-7H2,1-5H3. The summed E-state index contributed by atoms with van der Waals surface area (Å²) in [5, 5.41) is 0. The summed E-state index contributed by atoms with van der Waals surface area (Å²) in [5.41, 5.74) is -1.34. The highest BCUT2D eigenvalue weighted by atomic mass is 16.6. The molecule has 2 unspecified atom stereocenters. The van der Waals surface area contributed by atoms with Crippen LogP contribution in [0.1, 0.15) is 47.5 Å². The molecule has 2 atom stereocenters. The van der Waals surface area contributed by atoms with Crippen LogP contribution >= 0.6 is 0 Å². The van der Waals surface area contributed by atoms with Crippen molar-refractivity contribution in [2.75, 3.05) is 0 Å². The summed E-state index contributed by atoms with van der Waals surface area (Å²) in [4.78, 5) is 23.1. The Balaban J connectivity index is 2.74. The van der Waals surface area contributed by atoms with Gasteiger partial charge in [0.1, 0.15) is 6.10 Å². The predicted molar refractivity (Wildman–Crippen MR) is 58.7 cm³/mol. The quantitative estimate of drug-likeness (QED) is 0.694. The predicted octanol–water partition coefficient (Wildman–Crippen LogP) is 2.06. The van der Waals surface area contributed by atoms with Crippen LogP contribution in [0.4, 0.5) is 0 Å². The van der Waals surface area contributed by atoms with Gasteiger partial charge in [-0.25, -0.2) is 0 Å². The second-order valence-electron chi connectivity index (χ2n) is 5.25. The van der Waals surface area contributed by atoms with Crippen LogP contribution in [0.5, 0.6) is 0 Å². The van der Waals surface area contributed by atoms with Gasteiger partial charge in [-0.05, 0) is 34.1 Å². The first kappa shape index (κ1) is 13.0. The van der Waals surface area contributed by atoms with Gasteiger partial charge in [0.2, 0.25) is 0 Å². The first-order chi connectivity index (χ1) is 7.21. The molecule has 0 bridgehead atoms. The summed E-state index contributed by atoms with van der Waals surface area (Å²) in [6, 6.07) is 0. The number of ether oxygens (including phenoxy) is 2. The lowest BCUT2D eigenvalue weighted by Gasteiger charge is -2.30. The average Bonchev–Trinajstić information content (AvgIpc) is 2.40. The molecule has 0 aliphatic carbocycles. The Labute approximate surface area is 96.3 Å². The van der Waals surface area contributed by atoms with Crippen LogP contribution in [0.25, 0.3) is 0 Å². The van der Waals surface area contributed by atoms with Gasteiger partial charge in [-0.2, -0.15) is 0 Å². The molecule has 0 spiro atoms. The van der Waals surface area contributed by atoms with E-state index in [-0.39, 0.29) is 24.5 Å². The molecule has 0 aromatic carbocycles. The Morgan fingerprint density at radius 1 is 1.62 bits per heavy atom. The number of hydrogen-bond donors (Lipinski definition) is 0. The molecule has 92 valence electrons. The molecule has 1 saturated heterocycles. The molecular weight excluding hydrogens is 208 g/mol. The van der Waals surface area contributed by atoms with Crippen LogP contribution in [0.15, 0.2) is 0 Å². The Kier molecular flexibility index (Phi) is 3.31. The highest BCUT2D eigenvalue weighted by Gasteiger charge is 2.47. The van der Waals surface area contributed by atoms with Crippen LogP contribution in [0.2, 0.25) is 0 Å². The van der Waals surface area contributed by atoms with E-state index in [1.54, 1.807) is 13.8 Å². The number of hydrogen-bond acceptors (Lipinski definition) is 4. The summed E-state index contributed by atoms with van der Waals surface area (Å²) in [5.74, 6) is -0.584. The number of esters is 2. The minimum absolute atomic E-state index is 0.139. The van der Waals surface area contributed by atoms with Crippen LogP contribution in [-0.4, -0.2) is 23.6 Å². The van der Waals surface area contributed by atoms with E-state index in [0.717, 1.165) is 0 Å². The van der Waals surface area contributed by atoms with Crippen LogP contribution < -0.4 is 0 Å². The van der Waals surface area contributed by atoms with E-state index < -0.39 is 11.0 Å². The fourth-order valence-electron chi connectivity index (χ4n) is 1.41. The Hall–Kier alpha value is -1.06. The molecule has 1 fully saturated rings. The molecule has 1 aliphatic heterocycles. The molecule has 1 aliphatic rings. The summed E-state index contributed by atoms with van der Waals surface area (Å²) < 4.78 is 10.5. The molecular formula is C12H20O4. The van der Waals surface area contributed by atoms with E-state index in [1.165, 1.54) is 0 Å². The minimum Gasteiger partial charge on any atom is -0.458 e. The van der Waals surface area contributed by atoms with Gasteiger partial charge in [-0.1, -0.05) is 6.92 Å². The molecule has 0 aromatic heterocycles. The second-order valence-corrected chi connectivity index (χ2v) is 5.25.